The van der Waals surface area contributed by atoms with Crippen LogP contribution in [0.15, 0.2) is 48.5 Å². The molecule has 2 aromatic carbocycles. The number of aryl methyl sites for hydroxylation is 2. The average Bonchev–Trinajstić information content (AvgIpc) is 2.64. The van der Waals surface area contributed by atoms with Crippen LogP contribution in [0.25, 0.3) is 22.5 Å². The van der Waals surface area contributed by atoms with Crippen molar-refractivity contribution in [2.45, 2.75) is 13.8 Å². The van der Waals surface area contributed by atoms with Crippen LogP contribution >= 0.6 is 0 Å². The lowest BCUT2D eigenvalue weighted by atomic mass is 10.0. The Kier molecular flexibility index (Phi) is 4.47. The van der Waals surface area contributed by atoms with Gasteiger partial charge in [-0.3, -0.25) is 0 Å². The van der Waals surface area contributed by atoms with Crippen molar-refractivity contribution in [2.24, 2.45) is 0 Å². The van der Waals surface area contributed by atoms with E-state index < -0.39 is 0 Å². The summed E-state index contributed by atoms with van der Waals surface area (Å²) in [7, 11) is 3.32. The Hall–Kier alpha value is -2.88. The molecule has 24 heavy (non-hydrogen) atoms. The smallest absolute Gasteiger partial charge is 0.118 e. The molecule has 0 spiro atoms. The van der Waals surface area contributed by atoms with Crippen molar-refractivity contribution in [2.75, 3.05) is 14.2 Å². The Bertz CT molecular complexity index is 768. The summed E-state index contributed by atoms with van der Waals surface area (Å²) in [6.07, 6.45) is 0. The zero-order valence-electron chi connectivity index (χ0n) is 14.3. The molecule has 0 amide bonds. The maximum Gasteiger partial charge on any atom is 0.118 e. The second kappa shape index (κ2) is 6.71. The first-order valence-electron chi connectivity index (χ1n) is 7.76. The number of hydrogen-bond acceptors (Lipinski definition) is 4. The summed E-state index contributed by atoms with van der Waals surface area (Å²) in [5.41, 5.74) is 5.61. The van der Waals surface area contributed by atoms with Crippen LogP contribution in [0.3, 0.4) is 0 Å². The first-order valence-corrected chi connectivity index (χ1v) is 7.76. The molecular weight excluding hydrogens is 300 g/mol. The highest BCUT2D eigenvalue weighted by molar-refractivity contribution is 5.78. The lowest BCUT2D eigenvalue weighted by Crippen LogP contribution is -1.99. The number of aromatic nitrogens is 2. The Morgan fingerprint density at radius 2 is 0.917 bits per heavy atom. The molecule has 4 heteroatoms. The van der Waals surface area contributed by atoms with Crippen LogP contribution in [0.2, 0.25) is 0 Å². The van der Waals surface area contributed by atoms with Crippen molar-refractivity contribution in [3.05, 3.63) is 59.9 Å². The summed E-state index contributed by atoms with van der Waals surface area (Å²) >= 11 is 0. The van der Waals surface area contributed by atoms with Crippen LogP contribution in [0.4, 0.5) is 0 Å². The van der Waals surface area contributed by atoms with E-state index in [4.69, 9.17) is 19.4 Å². The molecule has 0 bridgehead atoms. The van der Waals surface area contributed by atoms with Gasteiger partial charge in [0, 0.05) is 11.1 Å². The minimum Gasteiger partial charge on any atom is -0.497 e. The predicted molar refractivity (Wildman–Crippen MR) is 95.5 cm³/mol. The van der Waals surface area contributed by atoms with E-state index in [0.29, 0.717) is 0 Å². The lowest BCUT2D eigenvalue weighted by Gasteiger charge is -2.12. The van der Waals surface area contributed by atoms with Crippen LogP contribution < -0.4 is 9.47 Å². The molecule has 0 saturated carbocycles. The second-order valence-electron chi connectivity index (χ2n) is 5.55. The maximum atomic E-state index is 5.24. The fourth-order valence-electron chi connectivity index (χ4n) is 2.50. The minimum atomic E-state index is 0.821. The van der Waals surface area contributed by atoms with E-state index in [0.717, 1.165) is 45.4 Å². The normalized spacial score (nSPS) is 10.5. The quantitative estimate of drug-likeness (QED) is 0.712. The van der Waals surface area contributed by atoms with Gasteiger partial charge in [0.2, 0.25) is 0 Å². The van der Waals surface area contributed by atoms with Gasteiger partial charge < -0.3 is 9.47 Å². The van der Waals surface area contributed by atoms with Gasteiger partial charge in [-0.1, -0.05) is 0 Å². The zero-order valence-corrected chi connectivity index (χ0v) is 14.3. The van der Waals surface area contributed by atoms with Gasteiger partial charge in [-0.25, -0.2) is 9.97 Å². The molecule has 0 aliphatic rings. The number of nitrogens with zero attached hydrogens (tertiary/aromatic N) is 2. The maximum absolute atomic E-state index is 5.24. The third-order valence-electron chi connectivity index (χ3n) is 4.03. The largest absolute Gasteiger partial charge is 0.497 e. The number of methoxy groups -OCH3 is 2. The third kappa shape index (κ3) is 3.08. The monoisotopic (exact) mass is 320 g/mol. The standard InChI is InChI=1S/C20H20N2O2/c1-13-14(2)22-20(16-7-11-18(24-4)12-8-16)19(21-13)15-5-9-17(23-3)10-6-15/h5-12H,1-4H3. The number of ether oxygens (including phenoxy) is 2. The molecule has 0 radical (unpaired) electrons. The highest BCUT2D eigenvalue weighted by Gasteiger charge is 2.13. The van der Waals surface area contributed by atoms with Gasteiger partial charge in [0.1, 0.15) is 11.5 Å². The molecule has 0 saturated heterocycles. The van der Waals surface area contributed by atoms with Gasteiger partial charge in [0.05, 0.1) is 37.0 Å². The predicted octanol–water partition coefficient (Wildman–Crippen LogP) is 4.44. The van der Waals surface area contributed by atoms with E-state index in [1.54, 1.807) is 14.2 Å². The Morgan fingerprint density at radius 3 is 1.21 bits per heavy atom. The third-order valence-corrected chi connectivity index (χ3v) is 4.03. The van der Waals surface area contributed by atoms with Crippen molar-refractivity contribution >= 4 is 0 Å². The van der Waals surface area contributed by atoms with Gasteiger partial charge in [-0.2, -0.15) is 0 Å². The van der Waals surface area contributed by atoms with E-state index in [-0.39, 0.29) is 0 Å². The minimum absolute atomic E-state index is 0.821. The van der Waals surface area contributed by atoms with E-state index >= 15 is 0 Å². The fourth-order valence-corrected chi connectivity index (χ4v) is 2.50. The summed E-state index contributed by atoms with van der Waals surface area (Å²) in [5.74, 6) is 1.64. The van der Waals surface area contributed by atoms with Crippen LogP contribution in [-0.4, -0.2) is 24.2 Å². The lowest BCUT2D eigenvalue weighted by molar-refractivity contribution is 0.414. The summed E-state index contributed by atoms with van der Waals surface area (Å²) in [6, 6.07) is 15.8. The topological polar surface area (TPSA) is 44.2 Å². The molecule has 0 aliphatic carbocycles. The van der Waals surface area contributed by atoms with E-state index in [1.807, 2.05) is 62.4 Å². The average molecular weight is 320 g/mol. The molecule has 0 N–H and O–H groups in total. The van der Waals surface area contributed by atoms with Crippen molar-refractivity contribution in [3.63, 3.8) is 0 Å². The highest BCUT2D eigenvalue weighted by Crippen LogP contribution is 2.31. The van der Waals surface area contributed by atoms with Crippen LogP contribution in [0.1, 0.15) is 11.4 Å². The molecule has 0 aliphatic heterocycles. The van der Waals surface area contributed by atoms with Gasteiger partial charge in [0.25, 0.3) is 0 Å². The fraction of sp³-hybridized carbons (Fsp3) is 0.200. The SMILES string of the molecule is COc1ccc(-c2nc(C)c(C)nc2-c2ccc(OC)cc2)cc1. The van der Waals surface area contributed by atoms with Crippen molar-refractivity contribution < 1.29 is 9.47 Å². The van der Waals surface area contributed by atoms with Gasteiger partial charge >= 0.3 is 0 Å². The van der Waals surface area contributed by atoms with Gasteiger partial charge in [0.15, 0.2) is 0 Å². The Morgan fingerprint density at radius 1 is 0.583 bits per heavy atom. The Balaban J connectivity index is 2.14. The highest BCUT2D eigenvalue weighted by atomic mass is 16.5. The number of benzene rings is 2. The van der Waals surface area contributed by atoms with E-state index in [1.165, 1.54) is 0 Å². The second-order valence-corrected chi connectivity index (χ2v) is 5.55. The summed E-state index contributed by atoms with van der Waals surface area (Å²) in [4.78, 5) is 9.57. The summed E-state index contributed by atoms with van der Waals surface area (Å²) in [5, 5.41) is 0. The van der Waals surface area contributed by atoms with Crippen molar-refractivity contribution in [1.29, 1.82) is 0 Å². The first-order chi connectivity index (χ1) is 11.6. The molecule has 0 fully saturated rings. The molecule has 3 rings (SSSR count). The zero-order chi connectivity index (χ0) is 17.1. The van der Waals surface area contributed by atoms with Crippen LogP contribution in [0.5, 0.6) is 11.5 Å². The molecule has 122 valence electrons. The first kappa shape index (κ1) is 16.0. The number of rotatable bonds is 4. The molecule has 3 aromatic rings. The van der Waals surface area contributed by atoms with Crippen LogP contribution in [0, 0.1) is 13.8 Å². The van der Waals surface area contributed by atoms with Crippen LogP contribution in [-0.2, 0) is 0 Å². The molecule has 0 unspecified atom stereocenters. The number of hydrogen-bond donors (Lipinski definition) is 0. The molecule has 1 aromatic heterocycles. The molecular formula is C20H20N2O2. The van der Waals surface area contributed by atoms with Gasteiger partial charge in [-0.05, 0) is 62.4 Å². The Labute approximate surface area is 142 Å². The van der Waals surface area contributed by atoms with E-state index in [2.05, 4.69) is 0 Å². The molecule has 1 heterocycles. The van der Waals surface area contributed by atoms with Crippen molar-refractivity contribution in [1.82, 2.24) is 9.97 Å². The summed E-state index contributed by atoms with van der Waals surface area (Å²) in [6.45, 7) is 3.96. The van der Waals surface area contributed by atoms with Gasteiger partial charge in [-0.15, -0.1) is 0 Å². The van der Waals surface area contributed by atoms with Crippen molar-refractivity contribution in [3.8, 4) is 34.0 Å². The van der Waals surface area contributed by atoms with E-state index in [9.17, 15) is 0 Å². The molecule has 4 nitrogen and oxygen atoms in total. The molecule has 0 atom stereocenters. The summed E-state index contributed by atoms with van der Waals surface area (Å²) < 4.78 is 10.5.